The Hall–Kier alpha value is -5.86. The first-order valence-electron chi connectivity index (χ1n) is 16.4. The lowest BCUT2D eigenvalue weighted by Crippen LogP contribution is -1.88. The summed E-state index contributed by atoms with van der Waals surface area (Å²) in [5, 5.41) is 10.7. The van der Waals surface area contributed by atoms with Crippen molar-refractivity contribution in [1.29, 1.82) is 0 Å². The van der Waals surface area contributed by atoms with Gasteiger partial charge in [0.25, 0.3) is 0 Å². The molecule has 0 amide bonds. The quantitative estimate of drug-likeness (QED) is 0.169. The summed E-state index contributed by atoms with van der Waals surface area (Å²) in [4.78, 5) is 0. The average molecular weight is 581 g/mol. The lowest BCUT2D eigenvalue weighted by molar-refractivity contribution is 1.26. The smallest absolute Gasteiger partial charge is 0.0622 e. The van der Waals surface area contributed by atoms with Crippen LogP contribution in [-0.2, 0) is 12.8 Å². The van der Waals surface area contributed by atoms with Gasteiger partial charge in [0.2, 0.25) is 0 Å². The third-order valence-electron chi connectivity index (χ3n) is 11.6. The highest BCUT2D eigenvalue weighted by molar-refractivity contribution is 6.30. The third kappa shape index (κ3) is 2.33. The molecule has 46 heavy (non-hydrogen) atoms. The molecule has 0 N–H and O–H groups in total. The van der Waals surface area contributed by atoms with E-state index in [1.165, 1.54) is 121 Å². The molecule has 0 fully saturated rings. The van der Waals surface area contributed by atoms with Crippen LogP contribution >= 0.6 is 0 Å². The molecule has 210 valence electrons. The van der Waals surface area contributed by atoms with Crippen LogP contribution in [0.25, 0.3) is 98.4 Å². The van der Waals surface area contributed by atoms with Gasteiger partial charge < -0.3 is 8.80 Å². The Morgan fingerprint density at radius 1 is 0.326 bits per heavy atom. The van der Waals surface area contributed by atoms with E-state index in [4.69, 9.17) is 0 Å². The highest BCUT2D eigenvalue weighted by Crippen LogP contribution is 2.50. The SMILES string of the molecule is c1ccc2c(c1)Cc1ccc3c4cccc5c6cc7c(cc6n(c3c1-2)c54)c1cccc2c3ccc4c(c3n7c12)-c1ccccc1C4. The maximum absolute atomic E-state index is 2.61. The summed E-state index contributed by atoms with van der Waals surface area (Å²) in [7, 11) is 0. The zero-order valence-electron chi connectivity index (χ0n) is 24.9. The van der Waals surface area contributed by atoms with Crippen molar-refractivity contribution in [3.8, 4) is 22.3 Å². The van der Waals surface area contributed by atoms with Gasteiger partial charge >= 0.3 is 0 Å². The number of aromatic nitrogens is 2. The number of para-hydroxylation sites is 2. The molecule has 2 heteroatoms. The molecule has 0 saturated heterocycles. The van der Waals surface area contributed by atoms with E-state index in [1.807, 2.05) is 0 Å². The van der Waals surface area contributed by atoms with Crippen molar-refractivity contribution >= 4 is 76.2 Å². The summed E-state index contributed by atoms with van der Waals surface area (Å²) in [5.41, 5.74) is 19.4. The topological polar surface area (TPSA) is 8.82 Å². The first kappa shape index (κ1) is 22.6. The molecule has 11 aromatic rings. The van der Waals surface area contributed by atoms with Gasteiger partial charge in [-0.25, -0.2) is 0 Å². The molecule has 0 saturated carbocycles. The number of benzene rings is 7. The van der Waals surface area contributed by atoms with Gasteiger partial charge in [-0.3, -0.25) is 0 Å². The summed E-state index contributed by atoms with van der Waals surface area (Å²) in [6.07, 6.45) is 2.01. The molecule has 13 rings (SSSR count). The van der Waals surface area contributed by atoms with Gasteiger partial charge in [0.05, 0.1) is 33.1 Å². The van der Waals surface area contributed by atoms with Crippen LogP contribution in [0.4, 0.5) is 0 Å². The maximum atomic E-state index is 2.61. The number of rotatable bonds is 0. The Morgan fingerprint density at radius 2 is 0.739 bits per heavy atom. The minimum Gasteiger partial charge on any atom is -0.307 e. The molecule has 0 aliphatic heterocycles. The second kappa shape index (κ2) is 7.33. The van der Waals surface area contributed by atoms with Gasteiger partial charge in [-0.05, 0) is 58.4 Å². The summed E-state index contributed by atoms with van der Waals surface area (Å²) in [5.74, 6) is 0. The molecule has 0 radical (unpaired) electrons. The molecule has 0 unspecified atom stereocenters. The largest absolute Gasteiger partial charge is 0.307 e. The normalized spacial score (nSPS) is 13.9. The predicted octanol–water partition coefficient (Wildman–Crippen LogP) is 11.1. The molecule has 0 bridgehead atoms. The molecule has 7 aromatic carbocycles. The summed E-state index contributed by atoms with van der Waals surface area (Å²) in [6.45, 7) is 0. The fraction of sp³-hybridized carbons (Fsp3) is 0.0455. The van der Waals surface area contributed by atoms with Crippen LogP contribution in [-0.4, -0.2) is 8.80 Å². The number of fused-ring (bicyclic) bond motifs is 20. The molecule has 2 aliphatic rings. The molecule has 4 heterocycles. The Morgan fingerprint density at radius 3 is 1.22 bits per heavy atom. The highest BCUT2D eigenvalue weighted by Gasteiger charge is 2.29. The second-order valence-electron chi connectivity index (χ2n) is 13.6. The van der Waals surface area contributed by atoms with E-state index in [1.54, 1.807) is 0 Å². The van der Waals surface area contributed by atoms with Crippen molar-refractivity contribution in [2.24, 2.45) is 0 Å². The van der Waals surface area contributed by atoms with Crippen molar-refractivity contribution in [3.63, 3.8) is 0 Å². The first-order chi connectivity index (χ1) is 22.8. The standard InChI is InChI=1S/C44H24N2/c1-3-9-27-23(7-1)19-25-15-17-33-29-11-5-13-31-35-22-38-36(21-37(35)45(41(29)31)43(33)39(25)27)32-14-6-12-30-34-18-16-26-20-24-8-2-4-10-28(24)40(26)44(34)46(38)42(30)32/h1-18,21-22H,19-20H2. The molecule has 2 aliphatic carbocycles. The Balaban J connectivity index is 1.26. The number of hydrogen-bond acceptors (Lipinski definition) is 0. The minimum atomic E-state index is 1.00. The van der Waals surface area contributed by atoms with E-state index in [0.29, 0.717) is 0 Å². The van der Waals surface area contributed by atoms with Crippen LogP contribution in [0.15, 0.2) is 121 Å². The predicted molar refractivity (Wildman–Crippen MR) is 192 cm³/mol. The lowest BCUT2D eigenvalue weighted by atomic mass is 10.00. The van der Waals surface area contributed by atoms with Gasteiger partial charge in [0, 0.05) is 54.2 Å². The maximum Gasteiger partial charge on any atom is 0.0622 e. The van der Waals surface area contributed by atoms with E-state index in [2.05, 4.69) is 130 Å². The van der Waals surface area contributed by atoms with Gasteiger partial charge in [0.15, 0.2) is 0 Å². The fourth-order valence-corrected chi connectivity index (χ4v) is 9.83. The van der Waals surface area contributed by atoms with Crippen LogP contribution < -0.4 is 0 Å². The molecule has 4 aromatic heterocycles. The zero-order chi connectivity index (χ0) is 29.4. The first-order valence-corrected chi connectivity index (χ1v) is 16.4. The Labute approximate surface area is 263 Å². The molecule has 2 nitrogen and oxygen atoms in total. The van der Waals surface area contributed by atoms with E-state index < -0.39 is 0 Å². The summed E-state index contributed by atoms with van der Waals surface area (Å²) in [6, 6.07) is 46.3. The molecular weight excluding hydrogens is 556 g/mol. The van der Waals surface area contributed by atoms with Crippen LogP contribution in [0.3, 0.4) is 0 Å². The fourth-order valence-electron chi connectivity index (χ4n) is 9.83. The van der Waals surface area contributed by atoms with E-state index in [-0.39, 0.29) is 0 Å². The average Bonchev–Trinajstić information content (AvgIpc) is 3.92. The van der Waals surface area contributed by atoms with Crippen LogP contribution in [0, 0.1) is 0 Å². The molecular formula is C44H24N2. The van der Waals surface area contributed by atoms with Crippen molar-refractivity contribution in [2.75, 3.05) is 0 Å². The van der Waals surface area contributed by atoms with Crippen LogP contribution in [0.1, 0.15) is 22.3 Å². The van der Waals surface area contributed by atoms with Crippen molar-refractivity contribution < 1.29 is 0 Å². The van der Waals surface area contributed by atoms with E-state index in [0.717, 1.165) is 12.8 Å². The summed E-state index contributed by atoms with van der Waals surface area (Å²) < 4.78 is 5.22. The van der Waals surface area contributed by atoms with Gasteiger partial charge in [-0.2, -0.15) is 0 Å². The zero-order valence-corrected chi connectivity index (χ0v) is 24.9. The molecule has 0 atom stereocenters. The van der Waals surface area contributed by atoms with Gasteiger partial charge in [-0.1, -0.05) is 109 Å². The van der Waals surface area contributed by atoms with Crippen LogP contribution in [0.5, 0.6) is 0 Å². The van der Waals surface area contributed by atoms with E-state index >= 15 is 0 Å². The Kier molecular flexibility index (Phi) is 3.60. The van der Waals surface area contributed by atoms with Gasteiger partial charge in [-0.15, -0.1) is 0 Å². The monoisotopic (exact) mass is 580 g/mol. The van der Waals surface area contributed by atoms with E-state index in [9.17, 15) is 0 Å². The summed E-state index contributed by atoms with van der Waals surface area (Å²) >= 11 is 0. The second-order valence-corrected chi connectivity index (χ2v) is 13.6. The minimum absolute atomic E-state index is 1.00. The number of hydrogen-bond donors (Lipinski definition) is 0. The third-order valence-corrected chi connectivity index (χ3v) is 11.6. The Bertz CT molecular complexity index is 2970. The lowest BCUT2D eigenvalue weighted by Gasteiger charge is -2.08. The highest BCUT2D eigenvalue weighted by atomic mass is 14.9. The van der Waals surface area contributed by atoms with Crippen molar-refractivity contribution in [3.05, 3.63) is 144 Å². The van der Waals surface area contributed by atoms with Crippen molar-refractivity contribution in [2.45, 2.75) is 12.8 Å². The van der Waals surface area contributed by atoms with Gasteiger partial charge in [0.1, 0.15) is 0 Å². The number of nitrogens with zero attached hydrogens (tertiary/aromatic N) is 2. The van der Waals surface area contributed by atoms with Crippen molar-refractivity contribution in [1.82, 2.24) is 8.80 Å². The van der Waals surface area contributed by atoms with Crippen LogP contribution in [0.2, 0.25) is 0 Å². The molecule has 0 spiro atoms.